The molecule has 120 valence electrons. The number of halogens is 1. The summed E-state index contributed by atoms with van der Waals surface area (Å²) in [6.45, 7) is 1.91. The smallest absolute Gasteiger partial charge is 0.248 e. The number of hydrogen-bond donors (Lipinski definition) is 1. The van der Waals surface area contributed by atoms with Gasteiger partial charge in [-0.25, -0.2) is 0 Å². The summed E-state index contributed by atoms with van der Waals surface area (Å²) < 4.78 is 10.4. The van der Waals surface area contributed by atoms with Crippen LogP contribution in [0.3, 0.4) is 0 Å². The molecular formula is C18H18ClNO3. The zero-order valence-electron chi connectivity index (χ0n) is 13.2. The summed E-state index contributed by atoms with van der Waals surface area (Å²) in [7, 11) is 3.15. The number of nitrogens with one attached hydrogen (secondary N) is 1. The van der Waals surface area contributed by atoms with E-state index < -0.39 is 0 Å². The lowest BCUT2D eigenvalue weighted by atomic mass is 10.1. The van der Waals surface area contributed by atoms with E-state index in [9.17, 15) is 4.79 Å². The normalized spacial score (nSPS) is 10.6. The first-order valence-electron chi connectivity index (χ1n) is 7.00. The maximum atomic E-state index is 12.0. The molecule has 1 amide bonds. The third-order valence-electron chi connectivity index (χ3n) is 3.29. The number of rotatable bonds is 5. The summed E-state index contributed by atoms with van der Waals surface area (Å²) in [4.78, 5) is 12.0. The van der Waals surface area contributed by atoms with Crippen LogP contribution in [0.4, 0.5) is 5.69 Å². The predicted molar refractivity (Wildman–Crippen MR) is 93.4 cm³/mol. The van der Waals surface area contributed by atoms with E-state index in [0.29, 0.717) is 22.2 Å². The van der Waals surface area contributed by atoms with E-state index in [-0.39, 0.29) is 5.91 Å². The van der Waals surface area contributed by atoms with Crippen molar-refractivity contribution in [2.75, 3.05) is 19.5 Å². The minimum atomic E-state index is -0.231. The average Bonchev–Trinajstić information content (AvgIpc) is 2.56. The molecule has 0 spiro atoms. The number of hydrogen-bond acceptors (Lipinski definition) is 3. The Hall–Kier alpha value is -2.46. The molecule has 0 unspecified atom stereocenters. The highest BCUT2D eigenvalue weighted by Crippen LogP contribution is 2.28. The molecule has 0 aliphatic rings. The summed E-state index contributed by atoms with van der Waals surface area (Å²) in [5, 5.41) is 3.38. The first kappa shape index (κ1) is 16.9. The topological polar surface area (TPSA) is 47.6 Å². The molecule has 0 saturated heterocycles. The molecule has 1 N–H and O–H groups in total. The number of ether oxygens (including phenoxy) is 2. The van der Waals surface area contributed by atoms with Crippen LogP contribution in [-0.2, 0) is 4.79 Å². The second-order valence-corrected chi connectivity index (χ2v) is 5.33. The summed E-state index contributed by atoms with van der Waals surface area (Å²) >= 11 is 5.94. The molecule has 0 saturated carbocycles. The second kappa shape index (κ2) is 7.70. The summed E-state index contributed by atoms with van der Waals surface area (Å²) in [6.07, 6.45) is 3.17. The summed E-state index contributed by atoms with van der Waals surface area (Å²) in [6, 6.07) is 10.8. The molecule has 4 nitrogen and oxygen atoms in total. The van der Waals surface area contributed by atoms with Gasteiger partial charge in [0.1, 0.15) is 0 Å². The monoisotopic (exact) mass is 331 g/mol. The quantitative estimate of drug-likeness (QED) is 0.830. The third kappa shape index (κ3) is 4.50. The van der Waals surface area contributed by atoms with Crippen LogP contribution in [0, 0.1) is 6.92 Å². The van der Waals surface area contributed by atoms with Crippen molar-refractivity contribution >= 4 is 29.3 Å². The highest BCUT2D eigenvalue weighted by molar-refractivity contribution is 6.31. The fraction of sp³-hybridized carbons (Fsp3) is 0.167. The van der Waals surface area contributed by atoms with Gasteiger partial charge in [0.15, 0.2) is 11.5 Å². The molecule has 0 aliphatic heterocycles. The lowest BCUT2D eigenvalue weighted by Crippen LogP contribution is -2.08. The highest BCUT2D eigenvalue weighted by Gasteiger charge is 2.05. The minimum absolute atomic E-state index is 0.231. The molecule has 0 bridgehead atoms. The van der Waals surface area contributed by atoms with Crippen LogP contribution < -0.4 is 14.8 Å². The Balaban J connectivity index is 2.10. The summed E-state index contributed by atoms with van der Waals surface area (Å²) in [5.41, 5.74) is 2.47. The predicted octanol–water partition coefficient (Wildman–Crippen LogP) is 4.32. The van der Waals surface area contributed by atoms with Gasteiger partial charge in [-0.3, -0.25) is 4.79 Å². The van der Waals surface area contributed by atoms with Gasteiger partial charge in [0.05, 0.1) is 14.2 Å². The van der Waals surface area contributed by atoms with Gasteiger partial charge in [-0.15, -0.1) is 0 Å². The Bertz CT molecular complexity index is 741. The number of carbonyl (C=O) groups excluding carboxylic acids is 1. The fourth-order valence-electron chi connectivity index (χ4n) is 2.03. The second-order valence-electron chi connectivity index (χ2n) is 4.90. The first-order chi connectivity index (χ1) is 11.0. The molecule has 2 aromatic carbocycles. The number of benzene rings is 2. The molecule has 0 atom stereocenters. The van der Waals surface area contributed by atoms with Crippen LogP contribution in [0.25, 0.3) is 6.08 Å². The van der Waals surface area contributed by atoms with Crippen molar-refractivity contribution in [3.8, 4) is 11.5 Å². The van der Waals surface area contributed by atoms with Gasteiger partial charge in [0.2, 0.25) is 5.91 Å². The molecule has 0 aliphatic carbocycles. The van der Waals surface area contributed by atoms with Gasteiger partial charge in [0.25, 0.3) is 0 Å². The molecule has 23 heavy (non-hydrogen) atoms. The Kier molecular flexibility index (Phi) is 5.66. The van der Waals surface area contributed by atoms with Gasteiger partial charge < -0.3 is 14.8 Å². The van der Waals surface area contributed by atoms with Gasteiger partial charge in [-0.05, 0) is 48.4 Å². The molecule has 2 rings (SSSR count). The zero-order chi connectivity index (χ0) is 16.8. The fourth-order valence-corrected chi connectivity index (χ4v) is 2.20. The van der Waals surface area contributed by atoms with Crippen molar-refractivity contribution in [1.29, 1.82) is 0 Å². The molecule has 0 radical (unpaired) electrons. The molecule has 0 fully saturated rings. The Labute approximate surface area is 140 Å². The van der Waals surface area contributed by atoms with Gasteiger partial charge in [-0.2, -0.15) is 0 Å². The molecule has 0 heterocycles. The van der Waals surface area contributed by atoms with Crippen molar-refractivity contribution in [1.82, 2.24) is 0 Å². The molecule has 2 aromatic rings. The van der Waals surface area contributed by atoms with Crippen LogP contribution in [0.2, 0.25) is 5.02 Å². The number of anilines is 1. The number of methoxy groups -OCH3 is 2. The molecule has 0 aromatic heterocycles. The largest absolute Gasteiger partial charge is 0.493 e. The maximum Gasteiger partial charge on any atom is 0.248 e. The number of carbonyl (C=O) groups is 1. The Morgan fingerprint density at radius 2 is 1.83 bits per heavy atom. The zero-order valence-corrected chi connectivity index (χ0v) is 14.0. The minimum Gasteiger partial charge on any atom is -0.493 e. The van der Waals surface area contributed by atoms with E-state index >= 15 is 0 Å². The van der Waals surface area contributed by atoms with E-state index in [0.717, 1.165) is 11.1 Å². The van der Waals surface area contributed by atoms with Crippen molar-refractivity contribution < 1.29 is 14.3 Å². The Morgan fingerprint density at radius 3 is 2.52 bits per heavy atom. The maximum absolute atomic E-state index is 12.0. The van der Waals surface area contributed by atoms with Crippen LogP contribution in [0.1, 0.15) is 11.1 Å². The lowest BCUT2D eigenvalue weighted by Gasteiger charge is -2.08. The van der Waals surface area contributed by atoms with E-state index in [4.69, 9.17) is 21.1 Å². The van der Waals surface area contributed by atoms with E-state index in [1.54, 1.807) is 44.6 Å². The lowest BCUT2D eigenvalue weighted by molar-refractivity contribution is -0.111. The van der Waals surface area contributed by atoms with Crippen LogP contribution in [0.15, 0.2) is 42.5 Å². The van der Waals surface area contributed by atoms with Gasteiger partial charge >= 0.3 is 0 Å². The van der Waals surface area contributed by atoms with Crippen LogP contribution in [0.5, 0.6) is 11.5 Å². The van der Waals surface area contributed by atoms with Crippen molar-refractivity contribution in [2.24, 2.45) is 0 Å². The van der Waals surface area contributed by atoms with E-state index in [2.05, 4.69) is 5.32 Å². The van der Waals surface area contributed by atoms with Crippen LogP contribution in [-0.4, -0.2) is 20.1 Å². The van der Waals surface area contributed by atoms with Gasteiger partial charge in [-0.1, -0.05) is 23.7 Å². The van der Waals surface area contributed by atoms with E-state index in [1.165, 1.54) is 6.08 Å². The summed E-state index contributed by atoms with van der Waals surface area (Å²) in [5.74, 6) is 1.02. The molecular weight excluding hydrogens is 314 g/mol. The van der Waals surface area contributed by atoms with Crippen molar-refractivity contribution in [2.45, 2.75) is 6.92 Å². The van der Waals surface area contributed by atoms with Crippen LogP contribution >= 0.6 is 11.6 Å². The Morgan fingerprint density at radius 1 is 1.09 bits per heavy atom. The first-order valence-corrected chi connectivity index (χ1v) is 7.38. The SMILES string of the molecule is COc1ccc(C=CC(=O)Nc2cc(Cl)ccc2C)cc1OC. The van der Waals surface area contributed by atoms with Gasteiger partial charge in [0, 0.05) is 16.8 Å². The van der Waals surface area contributed by atoms with Crippen molar-refractivity contribution in [3.05, 3.63) is 58.6 Å². The number of amides is 1. The standard InChI is InChI=1S/C18H18ClNO3/c1-12-4-7-14(19)11-15(12)20-18(21)9-6-13-5-8-16(22-2)17(10-13)23-3/h4-11H,1-3H3,(H,20,21). The third-order valence-corrected chi connectivity index (χ3v) is 3.53. The average molecular weight is 332 g/mol. The number of aryl methyl sites for hydroxylation is 1. The molecule has 5 heteroatoms. The highest BCUT2D eigenvalue weighted by atomic mass is 35.5. The van der Waals surface area contributed by atoms with E-state index in [1.807, 2.05) is 19.1 Å². The van der Waals surface area contributed by atoms with Crippen molar-refractivity contribution in [3.63, 3.8) is 0 Å².